The maximum atomic E-state index is 12.5. The van der Waals surface area contributed by atoms with Gasteiger partial charge in [-0.15, -0.1) is 0 Å². The summed E-state index contributed by atoms with van der Waals surface area (Å²) < 4.78 is 26.0. The molecule has 2 atom stereocenters. The summed E-state index contributed by atoms with van der Waals surface area (Å²) in [6.07, 6.45) is 4.06. The van der Waals surface area contributed by atoms with Gasteiger partial charge >= 0.3 is 0 Å². The highest BCUT2D eigenvalue weighted by Crippen LogP contribution is 2.22. The van der Waals surface area contributed by atoms with Gasteiger partial charge in [0.05, 0.1) is 5.75 Å². The molecule has 1 amide bonds. The molecule has 0 spiro atoms. The summed E-state index contributed by atoms with van der Waals surface area (Å²) in [7, 11) is -3.30. The molecule has 0 bridgehead atoms. The number of likely N-dealkylation sites (N-methyl/N-ethyl adjacent to an activating group) is 1. The lowest BCUT2D eigenvalue weighted by Gasteiger charge is -2.33. The van der Waals surface area contributed by atoms with Crippen LogP contribution in [0.1, 0.15) is 46.0 Å². The third-order valence-corrected chi connectivity index (χ3v) is 6.70. The lowest BCUT2D eigenvalue weighted by atomic mass is 10.1. The van der Waals surface area contributed by atoms with E-state index in [4.69, 9.17) is 0 Å². The molecule has 0 aromatic heterocycles. The molecule has 0 radical (unpaired) electrons. The molecule has 2 aliphatic heterocycles. The van der Waals surface area contributed by atoms with Gasteiger partial charge in [-0.1, -0.05) is 13.8 Å². The molecule has 2 heterocycles. The van der Waals surface area contributed by atoms with Crippen molar-refractivity contribution in [2.24, 2.45) is 0 Å². The highest BCUT2D eigenvalue weighted by molar-refractivity contribution is 7.89. The van der Waals surface area contributed by atoms with Crippen molar-refractivity contribution in [2.45, 2.75) is 58.0 Å². The van der Waals surface area contributed by atoms with E-state index in [9.17, 15) is 13.2 Å². The molecule has 0 saturated carbocycles. The molecule has 7 heteroatoms. The number of sulfonamides is 1. The Morgan fingerprint density at radius 3 is 2.59 bits per heavy atom. The van der Waals surface area contributed by atoms with Crippen molar-refractivity contribution in [3.05, 3.63) is 0 Å². The van der Waals surface area contributed by atoms with Gasteiger partial charge in [-0.2, -0.15) is 4.31 Å². The van der Waals surface area contributed by atoms with Crippen molar-refractivity contribution in [1.82, 2.24) is 14.5 Å². The summed E-state index contributed by atoms with van der Waals surface area (Å²) in [6, 6.07) is -0.355. The van der Waals surface area contributed by atoms with E-state index in [1.807, 2.05) is 6.92 Å². The number of piperidine rings is 1. The topological polar surface area (TPSA) is 69.7 Å². The van der Waals surface area contributed by atoms with E-state index in [1.165, 1.54) is 4.31 Å². The van der Waals surface area contributed by atoms with Gasteiger partial charge in [-0.25, -0.2) is 8.42 Å². The van der Waals surface area contributed by atoms with Crippen LogP contribution in [0, 0.1) is 0 Å². The number of hydrogen-bond acceptors (Lipinski definition) is 4. The minimum atomic E-state index is -3.30. The van der Waals surface area contributed by atoms with Crippen molar-refractivity contribution in [3.63, 3.8) is 0 Å². The normalized spacial score (nSPS) is 27.9. The van der Waals surface area contributed by atoms with E-state index in [-0.39, 0.29) is 17.7 Å². The Hall–Kier alpha value is -0.660. The smallest absolute Gasteiger partial charge is 0.238 e. The third kappa shape index (κ3) is 4.20. The van der Waals surface area contributed by atoms with Gasteiger partial charge in [0.25, 0.3) is 0 Å². The zero-order chi connectivity index (χ0) is 16.2. The Labute approximate surface area is 134 Å². The van der Waals surface area contributed by atoms with Crippen molar-refractivity contribution in [1.29, 1.82) is 0 Å². The average molecular weight is 331 g/mol. The summed E-state index contributed by atoms with van der Waals surface area (Å²) in [5.74, 6) is 0.0178. The molecule has 1 N–H and O–H groups in total. The van der Waals surface area contributed by atoms with Crippen LogP contribution in [0.2, 0.25) is 0 Å². The number of hydrogen-bond donors (Lipinski definition) is 1. The summed E-state index contributed by atoms with van der Waals surface area (Å²) in [6.45, 7) is 7.41. The van der Waals surface area contributed by atoms with Gasteiger partial charge in [0.1, 0.15) is 6.04 Å². The second kappa shape index (κ2) is 7.75. The zero-order valence-corrected chi connectivity index (χ0v) is 14.6. The second-order valence-corrected chi connectivity index (χ2v) is 8.37. The highest BCUT2D eigenvalue weighted by atomic mass is 32.2. The van der Waals surface area contributed by atoms with Crippen molar-refractivity contribution in [3.8, 4) is 0 Å². The van der Waals surface area contributed by atoms with Crippen LogP contribution in [0.4, 0.5) is 0 Å². The number of rotatable bonds is 6. The quantitative estimate of drug-likeness (QED) is 0.781. The molecule has 2 saturated heterocycles. The Balaban J connectivity index is 1.96. The molecule has 22 heavy (non-hydrogen) atoms. The van der Waals surface area contributed by atoms with Crippen LogP contribution >= 0.6 is 0 Å². The first kappa shape index (κ1) is 17.7. The summed E-state index contributed by atoms with van der Waals surface area (Å²) in [5.41, 5.74) is 0. The van der Waals surface area contributed by atoms with Crippen LogP contribution in [0.5, 0.6) is 0 Å². The lowest BCUT2D eigenvalue weighted by Crippen LogP contribution is -2.53. The van der Waals surface area contributed by atoms with E-state index in [0.717, 1.165) is 38.9 Å². The van der Waals surface area contributed by atoms with Gasteiger partial charge in [-0.05, 0) is 45.2 Å². The van der Waals surface area contributed by atoms with Gasteiger partial charge in [0, 0.05) is 19.1 Å². The van der Waals surface area contributed by atoms with Crippen molar-refractivity contribution in [2.75, 3.05) is 31.9 Å². The van der Waals surface area contributed by atoms with E-state index in [0.29, 0.717) is 19.4 Å². The molecular weight excluding hydrogens is 302 g/mol. The van der Waals surface area contributed by atoms with Crippen molar-refractivity contribution >= 4 is 15.9 Å². The molecule has 6 nitrogen and oxygen atoms in total. The minimum Gasteiger partial charge on any atom is -0.351 e. The molecule has 0 unspecified atom stereocenters. The second-order valence-electron chi connectivity index (χ2n) is 6.33. The molecule has 0 aromatic carbocycles. The molecule has 0 aromatic rings. The first-order chi connectivity index (χ1) is 10.5. The first-order valence-electron chi connectivity index (χ1n) is 8.50. The van der Waals surface area contributed by atoms with Crippen LogP contribution in [0.3, 0.4) is 0 Å². The van der Waals surface area contributed by atoms with Crippen LogP contribution in [-0.4, -0.2) is 67.5 Å². The molecular formula is C15H29N3O3S. The van der Waals surface area contributed by atoms with Crippen LogP contribution in [0.15, 0.2) is 0 Å². The molecule has 2 rings (SSSR count). The van der Waals surface area contributed by atoms with Gasteiger partial charge < -0.3 is 10.2 Å². The van der Waals surface area contributed by atoms with Gasteiger partial charge in [-0.3, -0.25) is 4.79 Å². The number of likely N-dealkylation sites (tertiary alicyclic amines) is 1. The first-order valence-corrected chi connectivity index (χ1v) is 10.1. The zero-order valence-electron chi connectivity index (χ0n) is 13.8. The van der Waals surface area contributed by atoms with E-state index < -0.39 is 16.1 Å². The predicted octanol–water partition coefficient (Wildman–Crippen LogP) is 0.791. The third-order valence-electron chi connectivity index (χ3n) is 4.62. The fourth-order valence-corrected chi connectivity index (χ4v) is 5.21. The lowest BCUT2D eigenvalue weighted by molar-refractivity contribution is -0.125. The number of nitrogens with zero attached hydrogens (tertiary/aromatic N) is 2. The number of amides is 1. The van der Waals surface area contributed by atoms with Crippen LogP contribution in [0.25, 0.3) is 0 Å². The number of carbonyl (C=O) groups is 1. The predicted molar refractivity (Wildman–Crippen MR) is 87.1 cm³/mol. The Morgan fingerprint density at radius 2 is 1.91 bits per heavy atom. The standard InChI is InChI=1S/C15H29N3O3S/c1-3-11-22(20,21)18-10-6-8-14(18)15(19)16-13-7-5-9-17(4-2)12-13/h13-14H,3-12H2,1-2H3,(H,16,19)/t13-,14+/m0/s1. The van der Waals surface area contributed by atoms with E-state index in [1.54, 1.807) is 0 Å². The van der Waals surface area contributed by atoms with Gasteiger partial charge in [0.15, 0.2) is 0 Å². The molecule has 2 fully saturated rings. The molecule has 0 aliphatic carbocycles. The van der Waals surface area contributed by atoms with Crippen LogP contribution in [-0.2, 0) is 14.8 Å². The summed E-state index contributed by atoms with van der Waals surface area (Å²) >= 11 is 0. The number of carbonyl (C=O) groups excluding carboxylic acids is 1. The molecule has 128 valence electrons. The molecule has 2 aliphatic rings. The van der Waals surface area contributed by atoms with E-state index in [2.05, 4.69) is 17.1 Å². The van der Waals surface area contributed by atoms with Gasteiger partial charge in [0.2, 0.25) is 15.9 Å². The highest BCUT2D eigenvalue weighted by Gasteiger charge is 2.38. The maximum Gasteiger partial charge on any atom is 0.238 e. The number of nitrogens with one attached hydrogen (secondary N) is 1. The minimum absolute atomic E-state index is 0.111. The monoisotopic (exact) mass is 331 g/mol. The Bertz CT molecular complexity index is 480. The SMILES string of the molecule is CCCS(=O)(=O)N1CCC[C@@H]1C(=O)N[C@H]1CCCN(CC)C1. The Kier molecular flexibility index (Phi) is 6.23. The van der Waals surface area contributed by atoms with Crippen LogP contribution < -0.4 is 5.32 Å². The summed E-state index contributed by atoms with van der Waals surface area (Å²) in [4.78, 5) is 14.9. The average Bonchev–Trinajstić information content (AvgIpc) is 2.98. The summed E-state index contributed by atoms with van der Waals surface area (Å²) in [5, 5.41) is 3.08. The largest absolute Gasteiger partial charge is 0.351 e. The fourth-order valence-electron chi connectivity index (χ4n) is 3.47. The maximum absolute atomic E-state index is 12.5. The van der Waals surface area contributed by atoms with Crippen molar-refractivity contribution < 1.29 is 13.2 Å². The van der Waals surface area contributed by atoms with E-state index >= 15 is 0 Å². The Morgan fingerprint density at radius 1 is 1.18 bits per heavy atom. The fraction of sp³-hybridized carbons (Fsp3) is 0.933.